The minimum atomic E-state index is -0.748. The van der Waals surface area contributed by atoms with Gasteiger partial charge in [-0.05, 0) is 36.6 Å². The number of carboxylic acid groups (broad SMARTS) is 1. The van der Waals surface area contributed by atoms with Gasteiger partial charge in [0.05, 0.1) is 10.3 Å². The molecule has 1 aliphatic carbocycles. The van der Waals surface area contributed by atoms with Crippen LogP contribution in [0.15, 0.2) is 22.0 Å². The van der Waals surface area contributed by atoms with Gasteiger partial charge in [-0.3, -0.25) is 9.59 Å². The molecule has 2 aromatic rings. The van der Waals surface area contributed by atoms with Gasteiger partial charge in [-0.1, -0.05) is 17.6 Å². The zero-order chi connectivity index (χ0) is 18.1. The topological polar surface area (TPSA) is 96.5 Å². The number of aromatic nitrogens is 2. The molecule has 2 fully saturated rings. The van der Waals surface area contributed by atoms with Crippen molar-refractivity contribution in [3.8, 4) is 10.7 Å². The Morgan fingerprint density at radius 1 is 1.46 bits per heavy atom. The average Bonchev–Trinajstić information content (AvgIpc) is 3.36. The number of likely N-dealkylation sites (tertiary alicyclic amines) is 1. The zero-order valence-electron chi connectivity index (χ0n) is 14.4. The fraction of sp³-hybridized carbons (Fsp3) is 0.556. The molecular formula is C18H21N3O4S. The van der Waals surface area contributed by atoms with E-state index in [1.54, 1.807) is 16.2 Å². The SMILES string of the molecule is O=C(CCCc1nc(-c2cccs2)no1)N1C[C@@H]2CCC[C@@]2(C(=O)O)C1. The first-order valence-electron chi connectivity index (χ1n) is 8.96. The van der Waals surface area contributed by atoms with Crippen LogP contribution in [0, 0.1) is 11.3 Å². The summed E-state index contributed by atoms with van der Waals surface area (Å²) in [6.07, 6.45) is 4.08. The normalized spacial score (nSPS) is 24.8. The van der Waals surface area contributed by atoms with Gasteiger partial charge in [-0.2, -0.15) is 4.98 Å². The molecular weight excluding hydrogens is 354 g/mol. The number of carbonyl (C=O) groups is 2. The van der Waals surface area contributed by atoms with Crippen LogP contribution >= 0.6 is 11.3 Å². The number of nitrogens with zero attached hydrogens (tertiary/aromatic N) is 3. The van der Waals surface area contributed by atoms with Crippen LogP contribution in [0.1, 0.15) is 38.0 Å². The Hall–Kier alpha value is -2.22. The molecule has 4 rings (SSSR count). The third-order valence-corrected chi connectivity index (χ3v) is 6.51. The lowest BCUT2D eigenvalue weighted by atomic mass is 9.81. The van der Waals surface area contributed by atoms with E-state index in [1.165, 1.54) is 0 Å². The molecule has 1 aliphatic heterocycles. The summed E-state index contributed by atoms with van der Waals surface area (Å²) >= 11 is 1.55. The number of carbonyl (C=O) groups excluding carboxylic acids is 1. The summed E-state index contributed by atoms with van der Waals surface area (Å²) in [6.45, 7) is 0.934. The molecule has 0 spiro atoms. The van der Waals surface area contributed by atoms with Gasteiger partial charge in [-0.25, -0.2) is 0 Å². The predicted molar refractivity (Wildman–Crippen MR) is 94.5 cm³/mol. The van der Waals surface area contributed by atoms with Gasteiger partial charge in [0, 0.05) is 25.9 Å². The van der Waals surface area contributed by atoms with Gasteiger partial charge in [0.25, 0.3) is 0 Å². The molecule has 1 saturated carbocycles. The van der Waals surface area contributed by atoms with Gasteiger partial charge < -0.3 is 14.5 Å². The minimum absolute atomic E-state index is 0.0259. The second kappa shape index (κ2) is 6.83. The van der Waals surface area contributed by atoms with E-state index in [2.05, 4.69) is 10.1 Å². The van der Waals surface area contributed by atoms with Crippen molar-refractivity contribution in [1.29, 1.82) is 0 Å². The molecule has 7 nitrogen and oxygen atoms in total. The summed E-state index contributed by atoms with van der Waals surface area (Å²) in [5, 5.41) is 15.5. The molecule has 2 atom stereocenters. The first-order chi connectivity index (χ1) is 12.6. The maximum Gasteiger partial charge on any atom is 0.311 e. The van der Waals surface area contributed by atoms with Gasteiger partial charge >= 0.3 is 5.97 Å². The zero-order valence-corrected chi connectivity index (χ0v) is 15.2. The monoisotopic (exact) mass is 375 g/mol. The van der Waals surface area contributed by atoms with Crippen LogP contribution in [-0.2, 0) is 16.0 Å². The molecule has 3 heterocycles. The smallest absolute Gasteiger partial charge is 0.311 e. The van der Waals surface area contributed by atoms with Crippen molar-refractivity contribution in [3.63, 3.8) is 0 Å². The lowest BCUT2D eigenvalue weighted by Gasteiger charge is -2.23. The van der Waals surface area contributed by atoms with E-state index in [0.717, 1.165) is 17.7 Å². The van der Waals surface area contributed by atoms with E-state index in [4.69, 9.17) is 4.52 Å². The Kier molecular flexibility index (Phi) is 4.52. The van der Waals surface area contributed by atoms with Crippen molar-refractivity contribution >= 4 is 23.2 Å². The van der Waals surface area contributed by atoms with Crippen LogP contribution in [0.5, 0.6) is 0 Å². The minimum Gasteiger partial charge on any atom is -0.481 e. The fourth-order valence-corrected chi connectivity index (χ4v) is 4.89. The molecule has 1 amide bonds. The number of carboxylic acids is 1. The highest BCUT2D eigenvalue weighted by Gasteiger charge is 2.55. The number of hydrogen-bond donors (Lipinski definition) is 1. The molecule has 1 saturated heterocycles. The first-order valence-corrected chi connectivity index (χ1v) is 9.84. The Labute approximate surface area is 155 Å². The number of fused-ring (bicyclic) bond motifs is 1. The van der Waals surface area contributed by atoms with E-state index in [0.29, 0.717) is 50.5 Å². The molecule has 138 valence electrons. The molecule has 26 heavy (non-hydrogen) atoms. The van der Waals surface area contributed by atoms with E-state index in [1.807, 2.05) is 17.5 Å². The van der Waals surface area contributed by atoms with Crippen LogP contribution in [0.4, 0.5) is 0 Å². The van der Waals surface area contributed by atoms with E-state index in [9.17, 15) is 14.7 Å². The van der Waals surface area contributed by atoms with Gasteiger partial charge in [-0.15, -0.1) is 11.3 Å². The number of thiophene rings is 1. The summed E-state index contributed by atoms with van der Waals surface area (Å²) in [5.41, 5.74) is -0.711. The molecule has 1 N–H and O–H groups in total. The molecule has 0 bridgehead atoms. The molecule has 8 heteroatoms. The van der Waals surface area contributed by atoms with E-state index in [-0.39, 0.29) is 11.8 Å². The quantitative estimate of drug-likeness (QED) is 0.834. The predicted octanol–water partition coefficient (Wildman–Crippen LogP) is 2.83. The van der Waals surface area contributed by atoms with Crippen molar-refractivity contribution in [1.82, 2.24) is 15.0 Å². The van der Waals surface area contributed by atoms with Crippen molar-refractivity contribution in [2.45, 2.75) is 38.5 Å². The third-order valence-electron chi connectivity index (χ3n) is 5.64. The summed E-state index contributed by atoms with van der Waals surface area (Å²) in [7, 11) is 0. The van der Waals surface area contributed by atoms with E-state index < -0.39 is 11.4 Å². The Morgan fingerprint density at radius 2 is 2.35 bits per heavy atom. The third kappa shape index (κ3) is 3.02. The summed E-state index contributed by atoms with van der Waals surface area (Å²) in [5.74, 6) is 0.493. The highest BCUT2D eigenvalue weighted by molar-refractivity contribution is 7.13. The van der Waals surface area contributed by atoms with Gasteiger partial charge in [0.1, 0.15) is 0 Å². The van der Waals surface area contributed by atoms with Crippen LogP contribution < -0.4 is 0 Å². The fourth-order valence-electron chi connectivity index (χ4n) is 4.24. The van der Waals surface area contributed by atoms with E-state index >= 15 is 0 Å². The number of rotatable bonds is 6. The van der Waals surface area contributed by atoms with Gasteiger partial charge in [0.2, 0.25) is 17.6 Å². The number of aryl methyl sites for hydroxylation is 1. The maximum atomic E-state index is 12.5. The maximum absolute atomic E-state index is 12.5. The molecule has 0 unspecified atom stereocenters. The Bertz CT molecular complexity index is 803. The number of amides is 1. The number of hydrogen-bond acceptors (Lipinski definition) is 6. The first kappa shape index (κ1) is 17.2. The lowest BCUT2D eigenvalue weighted by molar-refractivity contribution is -0.149. The van der Waals surface area contributed by atoms with Crippen LogP contribution in [-0.4, -0.2) is 45.1 Å². The van der Waals surface area contributed by atoms with Crippen molar-refractivity contribution in [2.24, 2.45) is 11.3 Å². The Balaban J connectivity index is 1.29. The summed E-state index contributed by atoms with van der Waals surface area (Å²) in [4.78, 5) is 31.3. The second-order valence-corrected chi connectivity index (χ2v) is 8.11. The van der Waals surface area contributed by atoms with Crippen molar-refractivity contribution < 1.29 is 19.2 Å². The second-order valence-electron chi connectivity index (χ2n) is 7.17. The molecule has 2 aromatic heterocycles. The van der Waals surface area contributed by atoms with Crippen LogP contribution in [0.25, 0.3) is 10.7 Å². The highest BCUT2D eigenvalue weighted by Crippen LogP contribution is 2.49. The summed E-state index contributed by atoms with van der Waals surface area (Å²) in [6, 6.07) is 3.87. The lowest BCUT2D eigenvalue weighted by Crippen LogP contribution is -2.37. The number of aliphatic carboxylic acids is 1. The van der Waals surface area contributed by atoms with Gasteiger partial charge in [0.15, 0.2) is 0 Å². The largest absolute Gasteiger partial charge is 0.481 e. The molecule has 0 aromatic carbocycles. The average molecular weight is 375 g/mol. The molecule has 0 radical (unpaired) electrons. The van der Waals surface area contributed by atoms with Crippen LogP contribution in [0.3, 0.4) is 0 Å². The summed E-state index contributed by atoms with van der Waals surface area (Å²) < 4.78 is 5.25. The highest BCUT2D eigenvalue weighted by atomic mass is 32.1. The Morgan fingerprint density at radius 3 is 3.08 bits per heavy atom. The van der Waals surface area contributed by atoms with Crippen molar-refractivity contribution in [2.75, 3.05) is 13.1 Å². The molecule has 2 aliphatic rings. The van der Waals surface area contributed by atoms with Crippen molar-refractivity contribution in [3.05, 3.63) is 23.4 Å². The standard InChI is InChI=1S/C18H21N3O4S/c22-15(21-10-12-4-2-8-18(12,11-21)17(23)24)7-1-6-14-19-16(20-25-14)13-5-3-9-26-13/h3,5,9,12H,1-2,4,6-8,10-11H2,(H,23,24)/t12-,18+/m0/s1. The van der Waals surface area contributed by atoms with Crippen LogP contribution in [0.2, 0.25) is 0 Å².